The van der Waals surface area contributed by atoms with Crippen molar-refractivity contribution in [1.82, 2.24) is 4.98 Å². The number of rotatable bonds is 5. The Kier molecular flexibility index (Phi) is 6.53. The smallest absolute Gasteiger partial charge is 0.417 e. The molecule has 1 saturated heterocycles. The summed E-state index contributed by atoms with van der Waals surface area (Å²) in [6, 6.07) is 7.45. The van der Waals surface area contributed by atoms with Crippen molar-refractivity contribution < 1.29 is 31.9 Å². The highest BCUT2D eigenvalue weighted by atomic mass is 19.4. The number of benzene rings is 1. The highest BCUT2D eigenvalue weighted by molar-refractivity contribution is 5.92. The van der Waals surface area contributed by atoms with Crippen LogP contribution < -0.4 is 10.2 Å². The predicted molar refractivity (Wildman–Crippen MR) is 100 cm³/mol. The summed E-state index contributed by atoms with van der Waals surface area (Å²) in [7, 11) is 0. The second kappa shape index (κ2) is 9.10. The van der Waals surface area contributed by atoms with E-state index in [4.69, 9.17) is 4.74 Å². The van der Waals surface area contributed by atoms with Crippen LogP contribution in [0, 0.1) is 11.7 Å². The molecule has 10 heteroatoms. The first-order valence-corrected chi connectivity index (χ1v) is 9.22. The van der Waals surface area contributed by atoms with Crippen molar-refractivity contribution in [3.63, 3.8) is 0 Å². The van der Waals surface area contributed by atoms with Gasteiger partial charge in [-0.2, -0.15) is 13.2 Å². The minimum Gasteiger partial charge on any atom is -0.455 e. The summed E-state index contributed by atoms with van der Waals surface area (Å²) in [5, 5.41) is 2.49. The third-order valence-corrected chi connectivity index (χ3v) is 4.70. The van der Waals surface area contributed by atoms with Crippen LogP contribution in [0.15, 0.2) is 42.6 Å². The van der Waals surface area contributed by atoms with E-state index in [1.54, 1.807) is 4.90 Å². The summed E-state index contributed by atoms with van der Waals surface area (Å²) in [6.45, 7) is 0.400. The fourth-order valence-corrected chi connectivity index (χ4v) is 3.07. The predicted octanol–water partition coefficient (Wildman–Crippen LogP) is 3.64. The number of ether oxygens (including phenoxy) is 1. The van der Waals surface area contributed by atoms with E-state index in [2.05, 4.69) is 10.3 Å². The van der Waals surface area contributed by atoms with Gasteiger partial charge in [0.1, 0.15) is 11.6 Å². The largest absolute Gasteiger partial charge is 0.455 e. The molecule has 0 unspecified atom stereocenters. The number of esters is 1. The van der Waals surface area contributed by atoms with Crippen LogP contribution in [0.2, 0.25) is 0 Å². The fourth-order valence-electron chi connectivity index (χ4n) is 3.07. The van der Waals surface area contributed by atoms with E-state index in [0.717, 1.165) is 12.3 Å². The monoisotopic (exact) mass is 425 g/mol. The van der Waals surface area contributed by atoms with Crippen LogP contribution in [0.1, 0.15) is 18.4 Å². The molecule has 160 valence electrons. The van der Waals surface area contributed by atoms with Crippen LogP contribution in [-0.2, 0) is 20.5 Å². The second-order valence-corrected chi connectivity index (χ2v) is 6.83. The van der Waals surface area contributed by atoms with Gasteiger partial charge in [0.05, 0.1) is 11.5 Å². The van der Waals surface area contributed by atoms with Crippen molar-refractivity contribution in [1.29, 1.82) is 0 Å². The normalized spacial score (nSPS) is 15.0. The van der Waals surface area contributed by atoms with Crippen LogP contribution in [0.25, 0.3) is 0 Å². The molecule has 1 aliphatic rings. The lowest BCUT2D eigenvalue weighted by atomic mass is 9.97. The first-order chi connectivity index (χ1) is 14.2. The van der Waals surface area contributed by atoms with E-state index in [9.17, 15) is 27.2 Å². The zero-order valence-electron chi connectivity index (χ0n) is 15.8. The van der Waals surface area contributed by atoms with Crippen LogP contribution in [0.3, 0.4) is 0 Å². The van der Waals surface area contributed by atoms with E-state index >= 15 is 0 Å². The number of piperidine rings is 1. The molecule has 3 rings (SSSR count). The van der Waals surface area contributed by atoms with Gasteiger partial charge in [-0.25, -0.2) is 9.37 Å². The van der Waals surface area contributed by atoms with Gasteiger partial charge in [-0.1, -0.05) is 0 Å². The maximum Gasteiger partial charge on any atom is 0.417 e. The van der Waals surface area contributed by atoms with Crippen LogP contribution >= 0.6 is 0 Å². The average molecular weight is 425 g/mol. The summed E-state index contributed by atoms with van der Waals surface area (Å²) >= 11 is 0. The summed E-state index contributed by atoms with van der Waals surface area (Å²) in [5.41, 5.74) is -0.432. The SMILES string of the molecule is O=C(COC(=O)C1CCN(c2ccc(C(F)(F)F)cn2)CC1)Nc1ccc(F)cc1. The van der Waals surface area contributed by atoms with Gasteiger partial charge in [0, 0.05) is 25.0 Å². The zero-order chi connectivity index (χ0) is 21.7. The van der Waals surface area contributed by atoms with Gasteiger partial charge in [0.2, 0.25) is 0 Å². The maximum absolute atomic E-state index is 12.9. The van der Waals surface area contributed by atoms with Gasteiger partial charge >= 0.3 is 12.1 Å². The molecule has 1 aromatic heterocycles. The maximum atomic E-state index is 12.9. The van der Waals surface area contributed by atoms with E-state index < -0.39 is 42.0 Å². The van der Waals surface area contributed by atoms with Crippen molar-refractivity contribution >= 4 is 23.4 Å². The number of carbonyl (C=O) groups excluding carboxylic acids is 2. The lowest BCUT2D eigenvalue weighted by Crippen LogP contribution is -2.38. The van der Waals surface area contributed by atoms with Crippen molar-refractivity contribution in [3.8, 4) is 0 Å². The Hall–Kier alpha value is -3.17. The number of pyridine rings is 1. The molecule has 1 amide bonds. The Morgan fingerprint density at radius 3 is 2.33 bits per heavy atom. The molecule has 2 heterocycles. The fraction of sp³-hybridized carbons (Fsp3) is 0.350. The van der Waals surface area contributed by atoms with Crippen molar-refractivity contribution in [2.45, 2.75) is 19.0 Å². The number of nitrogens with zero attached hydrogens (tertiary/aromatic N) is 2. The van der Waals surface area contributed by atoms with Gasteiger partial charge in [0.25, 0.3) is 5.91 Å². The number of hydrogen-bond donors (Lipinski definition) is 1. The van der Waals surface area contributed by atoms with Crippen molar-refractivity contribution in [3.05, 3.63) is 54.0 Å². The molecule has 0 atom stereocenters. The van der Waals surface area contributed by atoms with E-state index in [1.165, 1.54) is 30.3 Å². The molecule has 6 nitrogen and oxygen atoms in total. The van der Waals surface area contributed by atoms with Gasteiger partial charge in [-0.3, -0.25) is 9.59 Å². The molecule has 0 radical (unpaired) electrons. The van der Waals surface area contributed by atoms with Gasteiger partial charge in [-0.05, 0) is 49.2 Å². The Labute approximate surface area is 169 Å². The number of anilines is 2. The van der Waals surface area contributed by atoms with E-state index in [1.807, 2.05) is 0 Å². The molecular formula is C20H19F4N3O3. The van der Waals surface area contributed by atoms with Crippen LogP contribution in [0.5, 0.6) is 0 Å². The standard InChI is InChI=1S/C20H19F4N3O3/c21-15-2-4-16(5-3-15)26-18(28)12-30-19(29)13-7-9-27(10-8-13)17-6-1-14(11-25-17)20(22,23)24/h1-6,11,13H,7-10,12H2,(H,26,28). The molecule has 0 saturated carbocycles. The number of nitrogens with one attached hydrogen (secondary N) is 1. The zero-order valence-corrected chi connectivity index (χ0v) is 15.8. The molecule has 0 bridgehead atoms. The minimum absolute atomic E-state index is 0.384. The first kappa shape index (κ1) is 21.5. The number of hydrogen-bond acceptors (Lipinski definition) is 5. The quantitative estimate of drug-likeness (QED) is 0.585. The molecule has 30 heavy (non-hydrogen) atoms. The Morgan fingerprint density at radius 2 is 1.77 bits per heavy atom. The highest BCUT2D eigenvalue weighted by Crippen LogP contribution is 2.30. The van der Waals surface area contributed by atoms with E-state index in [0.29, 0.717) is 37.4 Å². The Balaban J connectivity index is 1.43. The number of amides is 1. The number of carbonyl (C=O) groups is 2. The summed E-state index contributed by atoms with van der Waals surface area (Å²) in [4.78, 5) is 29.7. The van der Waals surface area contributed by atoms with Crippen molar-refractivity contribution in [2.75, 3.05) is 29.9 Å². The van der Waals surface area contributed by atoms with Crippen molar-refractivity contribution in [2.24, 2.45) is 5.92 Å². The molecule has 1 fully saturated rings. The number of halogens is 4. The Bertz CT molecular complexity index is 878. The molecule has 0 spiro atoms. The molecular weight excluding hydrogens is 406 g/mol. The summed E-state index contributed by atoms with van der Waals surface area (Å²) < 4.78 is 55.8. The molecule has 0 aliphatic carbocycles. The molecule has 1 aromatic carbocycles. The highest BCUT2D eigenvalue weighted by Gasteiger charge is 2.31. The molecule has 1 N–H and O–H groups in total. The summed E-state index contributed by atoms with van der Waals surface area (Å²) in [6.07, 6.45) is -2.79. The Morgan fingerprint density at radius 1 is 1.10 bits per heavy atom. The topological polar surface area (TPSA) is 71.5 Å². The lowest BCUT2D eigenvalue weighted by molar-refractivity contribution is -0.152. The third kappa shape index (κ3) is 5.68. The van der Waals surface area contributed by atoms with Gasteiger partial charge in [0.15, 0.2) is 6.61 Å². The van der Waals surface area contributed by atoms with Crippen LogP contribution in [-0.4, -0.2) is 36.6 Å². The first-order valence-electron chi connectivity index (χ1n) is 9.22. The molecule has 2 aromatic rings. The summed E-state index contributed by atoms with van der Waals surface area (Å²) in [5.74, 6) is -1.48. The number of alkyl halides is 3. The van der Waals surface area contributed by atoms with Crippen LogP contribution in [0.4, 0.5) is 29.1 Å². The number of aromatic nitrogens is 1. The third-order valence-electron chi connectivity index (χ3n) is 4.70. The average Bonchev–Trinajstić information content (AvgIpc) is 2.73. The minimum atomic E-state index is -4.44. The van der Waals surface area contributed by atoms with Gasteiger partial charge < -0.3 is 15.0 Å². The second-order valence-electron chi connectivity index (χ2n) is 6.83. The lowest BCUT2D eigenvalue weighted by Gasteiger charge is -2.31. The molecule has 1 aliphatic heterocycles. The van der Waals surface area contributed by atoms with E-state index in [-0.39, 0.29) is 0 Å². The van der Waals surface area contributed by atoms with Gasteiger partial charge in [-0.15, -0.1) is 0 Å².